The van der Waals surface area contributed by atoms with Crippen LogP contribution in [0.2, 0.25) is 0 Å². The monoisotopic (exact) mass is 300 g/mol. The fraction of sp³-hybridized carbons (Fsp3) is 0.286. The number of alkyl halides is 2. The van der Waals surface area contributed by atoms with Gasteiger partial charge in [-0.25, -0.2) is 8.78 Å². The molecule has 0 aliphatic rings. The second kappa shape index (κ2) is 4.14. The average Bonchev–Trinajstić information content (AvgIpc) is 2.09. The Labute approximate surface area is 86.5 Å². The fourth-order valence-corrected chi connectivity index (χ4v) is 1.40. The zero-order chi connectivity index (χ0) is 10.0. The largest absolute Gasteiger partial charge is 0.326 e. The zero-order valence-electron chi connectivity index (χ0n) is 6.48. The molecule has 72 valence electrons. The van der Waals surface area contributed by atoms with E-state index in [0.29, 0.717) is 9.13 Å². The van der Waals surface area contributed by atoms with Gasteiger partial charge < -0.3 is 10.7 Å². The first-order valence-electron chi connectivity index (χ1n) is 3.46. The molecule has 0 aliphatic heterocycles. The van der Waals surface area contributed by atoms with Gasteiger partial charge in [0, 0.05) is 6.54 Å². The first kappa shape index (κ1) is 10.6. The van der Waals surface area contributed by atoms with Crippen LogP contribution >= 0.6 is 22.6 Å². The van der Waals surface area contributed by atoms with Crippen LogP contribution in [0.3, 0.4) is 0 Å². The predicted molar refractivity (Wildman–Crippen MR) is 52.6 cm³/mol. The van der Waals surface area contributed by atoms with Crippen LogP contribution in [-0.2, 0) is 6.54 Å². The van der Waals surface area contributed by atoms with Gasteiger partial charge in [0.25, 0.3) is 12.0 Å². The summed E-state index contributed by atoms with van der Waals surface area (Å²) < 4.78 is 24.7. The van der Waals surface area contributed by atoms with Crippen molar-refractivity contribution < 1.29 is 8.78 Å². The lowest BCUT2D eigenvalue weighted by atomic mass is 10.2. The van der Waals surface area contributed by atoms with E-state index in [1.165, 1.54) is 6.07 Å². The standard InChI is InChI=1S/C7H7F2IN2O/c8-6(9)4-1-3(2-11)5(10)7(13)12-4/h1,6H,2,11H2,(H,12,13). The molecule has 0 bridgehead atoms. The summed E-state index contributed by atoms with van der Waals surface area (Å²) in [5, 5.41) is 0. The highest BCUT2D eigenvalue weighted by Gasteiger charge is 2.12. The minimum Gasteiger partial charge on any atom is -0.326 e. The number of aromatic amines is 1. The number of pyridine rings is 1. The summed E-state index contributed by atoms with van der Waals surface area (Å²) in [4.78, 5) is 13.2. The van der Waals surface area contributed by atoms with Crippen LogP contribution < -0.4 is 11.3 Å². The Morgan fingerprint density at radius 3 is 2.69 bits per heavy atom. The van der Waals surface area contributed by atoms with Crippen molar-refractivity contribution in [3.05, 3.63) is 31.2 Å². The molecule has 0 aliphatic carbocycles. The van der Waals surface area contributed by atoms with Crippen LogP contribution in [0, 0.1) is 3.57 Å². The van der Waals surface area contributed by atoms with Crippen molar-refractivity contribution in [3.63, 3.8) is 0 Å². The van der Waals surface area contributed by atoms with E-state index in [1.807, 2.05) is 0 Å². The number of hydrogen-bond donors (Lipinski definition) is 2. The van der Waals surface area contributed by atoms with Gasteiger partial charge in [0.2, 0.25) is 0 Å². The van der Waals surface area contributed by atoms with E-state index in [1.54, 1.807) is 22.6 Å². The molecule has 3 nitrogen and oxygen atoms in total. The van der Waals surface area contributed by atoms with Gasteiger partial charge in [0.15, 0.2) is 0 Å². The van der Waals surface area contributed by atoms with Crippen molar-refractivity contribution in [1.29, 1.82) is 0 Å². The molecule has 1 aromatic heterocycles. The molecule has 0 radical (unpaired) electrons. The maximum atomic E-state index is 12.2. The molecule has 1 aromatic rings. The Hall–Kier alpha value is -0.500. The number of halogens is 3. The molecule has 0 amide bonds. The molecule has 0 fully saturated rings. The van der Waals surface area contributed by atoms with E-state index >= 15 is 0 Å². The van der Waals surface area contributed by atoms with E-state index in [4.69, 9.17) is 5.73 Å². The van der Waals surface area contributed by atoms with E-state index in [-0.39, 0.29) is 12.2 Å². The SMILES string of the molecule is NCc1cc(C(F)F)[nH]c(=O)c1I. The Morgan fingerprint density at radius 2 is 2.23 bits per heavy atom. The number of nitrogens with one attached hydrogen (secondary N) is 1. The first-order chi connectivity index (χ1) is 6.06. The fourth-order valence-electron chi connectivity index (χ4n) is 0.885. The number of hydrogen-bond acceptors (Lipinski definition) is 2. The minimum absolute atomic E-state index is 0.0852. The summed E-state index contributed by atoms with van der Waals surface area (Å²) in [6.45, 7) is 0.0852. The van der Waals surface area contributed by atoms with Crippen molar-refractivity contribution in [2.45, 2.75) is 13.0 Å². The van der Waals surface area contributed by atoms with Crippen molar-refractivity contribution >= 4 is 22.6 Å². The second-order valence-electron chi connectivity index (χ2n) is 2.40. The summed E-state index contributed by atoms with van der Waals surface area (Å²) in [6, 6.07) is 1.22. The lowest BCUT2D eigenvalue weighted by molar-refractivity contribution is 0.145. The number of aromatic nitrogens is 1. The van der Waals surface area contributed by atoms with E-state index in [2.05, 4.69) is 4.98 Å². The smallest absolute Gasteiger partial charge is 0.278 e. The number of H-pyrrole nitrogens is 1. The molecule has 0 unspecified atom stereocenters. The summed E-state index contributed by atoms with van der Waals surface area (Å²) in [5.74, 6) is 0. The van der Waals surface area contributed by atoms with E-state index in [0.717, 1.165) is 0 Å². The van der Waals surface area contributed by atoms with Gasteiger partial charge in [-0.2, -0.15) is 0 Å². The van der Waals surface area contributed by atoms with Gasteiger partial charge in [0.1, 0.15) is 0 Å². The third-order valence-electron chi connectivity index (χ3n) is 1.52. The Bertz CT molecular complexity index is 364. The molecule has 6 heteroatoms. The molecule has 0 atom stereocenters. The van der Waals surface area contributed by atoms with E-state index in [9.17, 15) is 13.6 Å². The number of nitrogens with two attached hydrogens (primary N) is 1. The van der Waals surface area contributed by atoms with Gasteiger partial charge in [-0.1, -0.05) is 0 Å². The molecular weight excluding hydrogens is 293 g/mol. The summed E-state index contributed by atoms with van der Waals surface area (Å²) in [6.07, 6.45) is -2.67. The Balaban J connectivity index is 3.31. The lowest BCUT2D eigenvalue weighted by Crippen LogP contribution is -2.17. The van der Waals surface area contributed by atoms with Crippen LogP contribution in [-0.4, -0.2) is 4.98 Å². The summed E-state index contributed by atoms with van der Waals surface area (Å²) >= 11 is 1.78. The lowest BCUT2D eigenvalue weighted by Gasteiger charge is -2.04. The molecule has 13 heavy (non-hydrogen) atoms. The van der Waals surface area contributed by atoms with Crippen LogP contribution in [0.15, 0.2) is 10.9 Å². The molecule has 1 heterocycles. The van der Waals surface area contributed by atoms with Crippen molar-refractivity contribution in [2.75, 3.05) is 0 Å². The molecule has 1 rings (SSSR count). The predicted octanol–water partition coefficient (Wildman–Crippen LogP) is 1.38. The van der Waals surface area contributed by atoms with E-state index < -0.39 is 12.0 Å². The quantitative estimate of drug-likeness (QED) is 0.811. The van der Waals surface area contributed by atoms with Crippen molar-refractivity contribution in [2.24, 2.45) is 5.73 Å². The van der Waals surface area contributed by atoms with Crippen LogP contribution in [0.1, 0.15) is 17.7 Å². The first-order valence-corrected chi connectivity index (χ1v) is 4.54. The third kappa shape index (κ3) is 2.25. The van der Waals surface area contributed by atoms with Gasteiger partial charge in [-0.3, -0.25) is 4.79 Å². The van der Waals surface area contributed by atoms with Crippen molar-refractivity contribution in [3.8, 4) is 0 Å². The molecular formula is C7H7F2IN2O. The maximum Gasteiger partial charge on any atom is 0.278 e. The van der Waals surface area contributed by atoms with Gasteiger partial charge in [-0.05, 0) is 34.2 Å². The Kier molecular flexibility index (Phi) is 3.37. The Morgan fingerprint density at radius 1 is 1.62 bits per heavy atom. The molecule has 0 saturated carbocycles. The van der Waals surface area contributed by atoms with Crippen LogP contribution in [0.5, 0.6) is 0 Å². The zero-order valence-corrected chi connectivity index (χ0v) is 8.64. The highest BCUT2D eigenvalue weighted by atomic mass is 127. The van der Waals surface area contributed by atoms with Crippen molar-refractivity contribution in [1.82, 2.24) is 4.98 Å². The molecule has 0 aromatic carbocycles. The average molecular weight is 300 g/mol. The molecule has 0 spiro atoms. The minimum atomic E-state index is -2.67. The topological polar surface area (TPSA) is 58.9 Å². The van der Waals surface area contributed by atoms with Crippen LogP contribution in [0.4, 0.5) is 8.78 Å². The maximum absolute atomic E-state index is 12.2. The van der Waals surface area contributed by atoms with Gasteiger partial charge >= 0.3 is 0 Å². The molecule has 0 saturated heterocycles. The summed E-state index contributed by atoms with van der Waals surface area (Å²) in [7, 11) is 0. The number of rotatable bonds is 2. The normalized spacial score (nSPS) is 10.8. The summed E-state index contributed by atoms with van der Waals surface area (Å²) in [5.41, 5.74) is 4.83. The molecule has 3 N–H and O–H groups in total. The highest BCUT2D eigenvalue weighted by molar-refractivity contribution is 14.1. The van der Waals surface area contributed by atoms with Gasteiger partial charge in [0.05, 0.1) is 9.26 Å². The second-order valence-corrected chi connectivity index (χ2v) is 3.48. The third-order valence-corrected chi connectivity index (χ3v) is 2.71. The van der Waals surface area contributed by atoms with Crippen LogP contribution in [0.25, 0.3) is 0 Å². The highest BCUT2D eigenvalue weighted by Crippen LogP contribution is 2.17. The van der Waals surface area contributed by atoms with Gasteiger partial charge in [-0.15, -0.1) is 0 Å².